The van der Waals surface area contributed by atoms with E-state index in [1.165, 1.54) is 5.32 Å². The van der Waals surface area contributed by atoms with E-state index in [0.717, 1.165) is 12.1 Å². The summed E-state index contributed by atoms with van der Waals surface area (Å²) in [5.41, 5.74) is -1.46. The summed E-state index contributed by atoms with van der Waals surface area (Å²) in [6, 6.07) is 2.38. The SMILES string of the molecule is O=C(NCC(F)(F)C(F)F)c1cc(O)ccc1[N+](=O)[O-]. The van der Waals surface area contributed by atoms with Crippen molar-refractivity contribution in [3.63, 3.8) is 0 Å². The molecule has 0 atom stereocenters. The number of halogens is 4. The third-order valence-corrected chi connectivity index (χ3v) is 2.23. The lowest BCUT2D eigenvalue weighted by Crippen LogP contribution is -2.41. The van der Waals surface area contributed by atoms with Crippen LogP contribution in [-0.4, -0.2) is 34.8 Å². The number of nitrogens with zero attached hydrogens (tertiary/aromatic N) is 1. The number of rotatable bonds is 5. The number of benzene rings is 1. The molecular formula is C10H8F4N2O4. The predicted molar refractivity (Wildman–Crippen MR) is 58.0 cm³/mol. The van der Waals surface area contributed by atoms with Crippen molar-refractivity contribution < 1.29 is 32.4 Å². The summed E-state index contributed by atoms with van der Waals surface area (Å²) in [5.74, 6) is -6.34. The Kier molecular flexibility index (Phi) is 4.48. The first-order valence-electron chi connectivity index (χ1n) is 5.06. The molecule has 6 nitrogen and oxygen atoms in total. The summed E-state index contributed by atoms with van der Waals surface area (Å²) >= 11 is 0. The molecule has 110 valence electrons. The fraction of sp³-hybridized carbons (Fsp3) is 0.300. The van der Waals surface area contributed by atoms with Gasteiger partial charge in [-0.1, -0.05) is 0 Å². The second-order valence-electron chi connectivity index (χ2n) is 3.70. The Balaban J connectivity index is 2.93. The van der Waals surface area contributed by atoms with E-state index in [0.29, 0.717) is 6.07 Å². The molecule has 0 radical (unpaired) electrons. The van der Waals surface area contributed by atoms with E-state index in [1.807, 2.05) is 0 Å². The molecule has 1 aromatic carbocycles. The van der Waals surface area contributed by atoms with E-state index in [9.17, 15) is 32.5 Å². The maximum Gasteiger partial charge on any atom is 0.324 e. The predicted octanol–water partition coefficient (Wildman–Crippen LogP) is 1.93. The molecule has 0 saturated carbocycles. The van der Waals surface area contributed by atoms with Crippen LogP contribution in [0.5, 0.6) is 5.75 Å². The second-order valence-corrected chi connectivity index (χ2v) is 3.70. The highest BCUT2D eigenvalue weighted by Crippen LogP contribution is 2.24. The monoisotopic (exact) mass is 296 g/mol. The summed E-state index contributed by atoms with van der Waals surface area (Å²) < 4.78 is 49.0. The molecule has 0 aromatic heterocycles. The molecule has 0 aliphatic rings. The van der Waals surface area contributed by atoms with Gasteiger partial charge in [0.1, 0.15) is 11.3 Å². The average Bonchev–Trinajstić information content (AvgIpc) is 2.35. The minimum Gasteiger partial charge on any atom is -0.508 e. The lowest BCUT2D eigenvalue weighted by molar-refractivity contribution is -0.385. The number of alkyl halides is 4. The van der Waals surface area contributed by atoms with Crippen LogP contribution in [0.2, 0.25) is 0 Å². The van der Waals surface area contributed by atoms with Gasteiger partial charge in [0.2, 0.25) is 0 Å². The number of nitro groups is 1. The van der Waals surface area contributed by atoms with Gasteiger partial charge in [-0.05, 0) is 12.1 Å². The lowest BCUT2D eigenvalue weighted by atomic mass is 10.1. The maximum atomic E-state index is 12.6. The van der Waals surface area contributed by atoms with Crippen LogP contribution >= 0.6 is 0 Å². The first kappa shape index (κ1) is 15.7. The summed E-state index contributed by atoms with van der Waals surface area (Å²) in [6.45, 7) is -1.68. The highest BCUT2D eigenvalue weighted by Gasteiger charge is 2.41. The molecule has 0 aliphatic carbocycles. The number of aromatic hydroxyl groups is 1. The van der Waals surface area contributed by atoms with Gasteiger partial charge in [-0.15, -0.1) is 0 Å². The number of amides is 1. The molecule has 0 bridgehead atoms. The largest absolute Gasteiger partial charge is 0.508 e. The van der Waals surface area contributed by atoms with Crippen molar-refractivity contribution in [3.8, 4) is 5.75 Å². The minimum absolute atomic E-state index is 0.513. The molecule has 10 heteroatoms. The van der Waals surface area contributed by atoms with Crippen LogP contribution in [0, 0.1) is 10.1 Å². The van der Waals surface area contributed by atoms with Gasteiger partial charge >= 0.3 is 12.3 Å². The third-order valence-electron chi connectivity index (χ3n) is 2.23. The smallest absolute Gasteiger partial charge is 0.324 e. The molecule has 0 fully saturated rings. The van der Waals surface area contributed by atoms with Crippen molar-refractivity contribution in [1.29, 1.82) is 0 Å². The lowest BCUT2D eigenvalue weighted by Gasteiger charge is -2.15. The van der Waals surface area contributed by atoms with Crippen molar-refractivity contribution in [2.75, 3.05) is 6.54 Å². The Bertz CT molecular complexity index is 536. The number of phenolic OH excluding ortho intramolecular Hbond substituents is 1. The highest BCUT2D eigenvalue weighted by atomic mass is 19.3. The van der Waals surface area contributed by atoms with Crippen molar-refractivity contribution in [1.82, 2.24) is 5.32 Å². The molecule has 1 aromatic rings. The zero-order valence-corrected chi connectivity index (χ0v) is 9.65. The molecule has 1 rings (SSSR count). The zero-order chi connectivity index (χ0) is 15.5. The van der Waals surface area contributed by atoms with Crippen LogP contribution in [-0.2, 0) is 0 Å². The van der Waals surface area contributed by atoms with Crippen LogP contribution < -0.4 is 5.32 Å². The van der Waals surface area contributed by atoms with E-state index in [-0.39, 0.29) is 0 Å². The fourth-order valence-electron chi connectivity index (χ4n) is 1.24. The van der Waals surface area contributed by atoms with Crippen molar-refractivity contribution in [2.24, 2.45) is 0 Å². The Morgan fingerprint density at radius 1 is 1.45 bits per heavy atom. The molecule has 2 N–H and O–H groups in total. The highest BCUT2D eigenvalue weighted by molar-refractivity contribution is 5.98. The molecule has 1 amide bonds. The van der Waals surface area contributed by atoms with Crippen LogP contribution in [0.3, 0.4) is 0 Å². The number of nitro benzene ring substituents is 1. The van der Waals surface area contributed by atoms with E-state index in [4.69, 9.17) is 5.11 Å². The minimum atomic E-state index is -4.46. The Morgan fingerprint density at radius 3 is 2.55 bits per heavy atom. The number of phenols is 1. The number of hydrogen-bond acceptors (Lipinski definition) is 4. The van der Waals surface area contributed by atoms with Crippen molar-refractivity contribution in [2.45, 2.75) is 12.3 Å². The summed E-state index contributed by atoms with van der Waals surface area (Å²) in [6.07, 6.45) is -3.98. The average molecular weight is 296 g/mol. The molecule has 0 heterocycles. The molecular weight excluding hydrogens is 288 g/mol. The van der Waals surface area contributed by atoms with Crippen molar-refractivity contribution in [3.05, 3.63) is 33.9 Å². The Hall–Kier alpha value is -2.39. The van der Waals surface area contributed by atoms with Crippen LogP contribution in [0.1, 0.15) is 10.4 Å². The van der Waals surface area contributed by atoms with Gasteiger partial charge in [-0.25, -0.2) is 8.78 Å². The normalized spacial score (nSPS) is 11.4. The first-order chi connectivity index (χ1) is 9.15. The Labute approximate surface area is 109 Å². The van der Waals surface area contributed by atoms with Gasteiger partial charge in [0.15, 0.2) is 0 Å². The summed E-state index contributed by atoms with van der Waals surface area (Å²) in [7, 11) is 0. The first-order valence-corrected chi connectivity index (χ1v) is 5.06. The van der Waals surface area contributed by atoms with Crippen molar-refractivity contribution >= 4 is 11.6 Å². The van der Waals surface area contributed by atoms with Gasteiger partial charge < -0.3 is 10.4 Å². The van der Waals surface area contributed by atoms with Crippen LogP contribution in [0.4, 0.5) is 23.2 Å². The fourth-order valence-corrected chi connectivity index (χ4v) is 1.24. The zero-order valence-electron chi connectivity index (χ0n) is 9.65. The molecule has 0 spiro atoms. The Morgan fingerprint density at radius 2 is 2.05 bits per heavy atom. The van der Waals surface area contributed by atoms with E-state index in [1.54, 1.807) is 0 Å². The number of carbonyl (C=O) groups excluding carboxylic acids is 1. The molecule has 0 saturated heterocycles. The summed E-state index contributed by atoms with van der Waals surface area (Å²) in [4.78, 5) is 21.1. The van der Waals surface area contributed by atoms with Gasteiger partial charge in [-0.3, -0.25) is 14.9 Å². The standard InChI is InChI=1S/C10H8F4N2O4/c11-9(12)10(13,14)4-15-8(18)6-3-5(17)1-2-7(6)16(19)20/h1-3,9,17H,4H2,(H,15,18). The topological polar surface area (TPSA) is 92.5 Å². The molecule has 20 heavy (non-hydrogen) atoms. The number of hydrogen-bond donors (Lipinski definition) is 2. The quantitative estimate of drug-likeness (QED) is 0.493. The van der Waals surface area contributed by atoms with E-state index >= 15 is 0 Å². The summed E-state index contributed by atoms with van der Waals surface area (Å²) in [5, 5.41) is 21.2. The van der Waals surface area contributed by atoms with Gasteiger partial charge in [0.25, 0.3) is 11.6 Å². The van der Waals surface area contributed by atoms with Gasteiger partial charge in [0, 0.05) is 6.07 Å². The van der Waals surface area contributed by atoms with Gasteiger partial charge in [-0.2, -0.15) is 8.78 Å². The second kappa shape index (κ2) is 5.72. The molecule has 0 aliphatic heterocycles. The number of carbonyl (C=O) groups is 1. The third kappa shape index (κ3) is 3.56. The molecule has 0 unspecified atom stereocenters. The van der Waals surface area contributed by atoms with Gasteiger partial charge in [0.05, 0.1) is 11.5 Å². The van der Waals surface area contributed by atoms with Crippen LogP contribution in [0.25, 0.3) is 0 Å². The van der Waals surface area contributed by atoms with E-state index in [2.05, 4.69) is 0 Å². The van der Waals surface area contributed by atoms with E-state index < -0.39 is 46.7 Å². The van der Waals surface area contributed by atoms with Crippen LogP contribution in [0.15, 0.2) is 18.2 Å². The number of nitrogens with one attached hydrogen (secondary N) is 1. The maximum absolute atomic E-state index is 12.6.